The maximum absolute atomic E-state index is 11.4. The van der Waals surface area contributed by atoms with E-state index in [0.29, 0.717) is 13.2 Å². The largest absolute Gasteiger partial charge is 0.361 e. The number of ether oxygens (including phenoxy) is 2. The average molecular weight is 198 g/mol. The zero-order valence-electron chi connectivity index (χ0n) is 8.61. The maximum atomic E-state index is 11.4. The molecule has 78 valence electrons. The summed E-state index contributed by atoms with van der Waals surface area (Å²) in [4.78, 5) is 14.0. The third kappa shape index (κ3) is 2.26. The third-order valence-electron chi connectivity index (χ3n) is 2.10. The first-order chi connectivity index (χ1) is 6.40. The van der Waals surface area contributed by atoms with Crippen molar-refractivity contribution in [3.05, 3.63) is 5.53 Å². The number of Topliss-reactive ketones (excluding diaryl/α,β-unsaturated/α-hetero) is 1. The number of hydrogen-bond acceptors (Lipinski definition) is 3. The Bertz CT molecular complexity index is 282. The van der Waals surface area contributed by atoms with Crippen LogP contribution in [0.15, 0.2) is 0 Å². The molecule has 5 heteroatoms. The summed E-state index contributed by atoms with van der Waals surface area (Å²) in [6.07, 6.45) is 0.790. The molecule has 1 fully saturated rings. The molecule has 0 aromatic carbocycles. The van der Waals surface area contributed by atoms with Gasteiger partial charge in [0, 0.05) is 5.41 Å². The van der Waals surface area contributed by atoms with Crippen LogP contribution in [0.2, 0.25) is 0 Å². The molecule has 0 atom stereocenters. The molecule has 14 heavy (non-hydrogen) atoms. The van der Waals surface area contributed by atoms with E-state index in [1.807, 2.05) is 13.8 Å². The third-order valence-corrected chi connectivity index (χ3v) is 2.10. The molecule has 0 aromatic heterocycles. The van der Waals surface area contributed by atoms with Crippen molar-refractivity contribution in [2.45, 2.75) is 26.6 Å². The SMILES string of the molecule is CC1(C)COC(C)(C(=O)C=[N+]=[N-])OC1. The van der Waals surface area contributed by atoms with E-state index in [1.165, 1.54) is 6.92 Å². The predicted octanol–water partition coefficient (Wildman–Crippen LogP) is 0.645. The molecule has 1 aliphatic heterocycles. The number of ketones is 1. The summed E-state index contributed by atoms with van der Waals surface area (Å²) < 4.78 is 10.6. The fourth-order valence-electron chi connectivity index (χ4n) is 1.06. The smallest absolute Gasteiger partial charge is 0.328 e. The van der Waals surface area contributed by atoms with Crippen LogP contribution in [0.4, 0.5) is 0 Å². The predicted molar refractivity (Wildman–Crippen MR) is 48.8 cm³/mol. The highest BCUT2D eigenvalue weighted by Crippen LogP contribution is 2.29. The minimum Gasteiger partial charge on any atom is -0.361 e. The van der Waals surface area contributed by atoms with Gasteiger partial charge >= 0.3 is 6.21 Å². The van der Waals surface area contributed by atoms with Crippen molar-refractivity contribution in [2.75, 3.05) is 13.2 Å². The van der Waals surface area contributed by atoms with Crippen LogP contribution in [-0.2, 0) is 14.3 Å². The molecule has 5 nitrogen and oxygen atoms in total. The van der Waals surface area contributed by atoms with Crippen LogP contribution in [-0.4, -0.2) is 35.8 Å². The fourth-order valence-corrected chi connectivity index (χ4v) is 1.06. The summed E-state index contributed by atoms with van der Waals surface area (Å²) in [5.41, 5.74) is 8.13. The molecule has 0 unspecified atom stereocenters. The minimum absolute atomic E-state index is 0.0872. The van der Waals surface area contributed by atoms with Crippen molar-refractivity contribution < 1.29 is 19.1 Å². The molecule has 1 rings (SSSR count). The van der Waals surface area contributed by atoms with Gasteiger partial charge in [-0.2, -0.15) is 4.79 Å². The van der Waals surface area contributed by atoms with Gasteiger partial charge in [0.25, 0.3) is 5.78 Å². The van der Waals surface area contributed by atoms with Gasteiger partial charge in [-0.15, -0.1) is 0 Å². The number of rotatable bonds is 2. The number of nitrogens with zero attached hydrogens (tertiary/aromatic N) is 2. The molecule has 1 heterocycles. The molecule has 0 amide bonds. The van der Waals surface area contributed by atoms with Gasteiger partial charge in [0.1, 0.15) is 0 Å². The van der Waals surface area contributed by atoms with E-state index in [4.69, 9.17) is 15.0 Å². The molecular weight excluding hydrogens is 184 g/mol. The molecule has 0 aromatic rings. The van der Waals surface area contributed by atoms with E-state index < -0.39 is 11.6 Å². The lowest BCUT2D eigenvalue weighted by Crippen LogP contribution is -2.51. The Morgan fingerprint density at radius 2 is 1.86 bits per heavy atom. The Morgan fingerprint density at radius 1 is 1.36 bits per heavy atom. The lowest BCUT2D eigenvalue weighted by atomic mass is 9.94. The van der Waals surface area contributed by atoms with Crippen molar-refractivity contribution in [2.24, 2.45) is 5.41 Å². The zero-order chi connectivity index (χ0) is 10.8. The van der Waals surface area contributed by atoms with Crippen LogP contribution in [0.1, 0.15) is 20.8 Å². The second kappa shape index (κ2) is 3.61. The van der Waals surface area contributed by atoms with E-state index in [2.05, 4.69) is 4.79 Å². The van der Waals surface area contributed by atoms with Crippen LogP contribution in [0, 0.1) is 5.41 Å². The minimum atomic E-state index is -1.30. The Hall–Kier alpha value is -1.03. The molecular formula is C9H14N2O3. The molecule has 1 saturated heterocycles. The summed E-state index contributed by atoms with van der Waals surface area (Å²) in [5.74, 6) is -1.79. The lowest BCUT2D eigenvalue weighted by Gasteiger charge is -2.38. The van der Waals surface area contributed by atoms with Crippen LogP contribution in [0.3, 0.4) is 0 Å². The Labute approximate surface area is 82.6 Å². The van der Waals surface area contributed by atoms with Crippen molar-refractivity contribution in [1.29, 1.82) is 0 Å². The quantitative estimate of drug-likeness (QED) is 0.371. The van der Waals surface area contributed by atoms with Crippen LogP contribution in [0.5, 0.6) is 0 Å². The molecule has 0 radical (unpaired) electrons. The zero-order valence-corrected chi connectivity index (χ0v) is 8.61. The number of carbonyl (C=O) groups is 1. The van der Waals surface area contributed by atoms with Crippen molar-refractivity contribution in [3.8, 4) is 0 Å². The van der Waals surface area contributed by atoms with Gasteiger partial charge in [0.2, 0.25) is 5.79 Å². The molecule has 0 saturated carbocycles. The average Bonchev–Trinajstić information content (AvgIpc) is 2.11. The Balaban J connectivity index is 2.71. The fraction of sp³-hybridized carbons (Fsp3) is 0.778. The number of carbonyl (C=O) groups excluding carboxylic acids is 1. The van der Waals surface area contributed by atoms with Gasteiger partial charge in [-0.3, -0.25) is 4.79 Å². The molecule has 0 spiro atoms. The summed E-state index contributed by atoms with van der Waals surface area (Å²) >= 11 is 0. The van der Waals surface area contributed by atoms with E-state index in [-0.39, 0.29) is 5.41 Å². The second-order valence-corrected chi connectivity index (χ2v) is 4.30. The number of hydrogen-bond donors (Lipinski definition) is 0. The molecule has 1 aliphatic rings. The highest BCUT2D eigenvalue weighted by Gasteiger charge is 2.43. The van der Waals surface area contributed by atoms with E-state index in [0.717, 1.165) is 6.21 Å². The van der Waals surface area contributed by atoms with E-state index >= 15 is 0 Å². The lowest BCUT2D eigenvalue weighted by molar-refractivity contribution is -0.270. The van der Waals surface area contributed by atoms with Gasteiger partial charge in [0.05, 0.1) is 13.2 Å². The van der Waals surface area contributed by atoms with Gasteiger partial charge in [-0.1, -0.05) is 13.8 Å². The first kappa shape index (κ1) is 11.0. The van der Waals surface area contributed by atoms with Crippen molar-refractivity contribution in [1.82, 2.24) is 0 Å². The van der Waals surface area contributed by atoms with Crippen LogP contribution < -0.4 is 0 Å². The topological polar surface area (TPSA) is 71.9 Å². The van der Waals surface area contributed by atoms with Gasteiger partial charge in [-0.25, -0.2) is 0 Å². The van der Waals surface area contributed by atoms with E-state index in [9.17, 15) is 4.79 Å². The Morgan fingerprint density at radius 3 is 2.29 bits per heavy atom. The highest BCUT2D eigenvalue weighted by molar-refractivity contribution is 6.28. The van der Waals surface area contributed by atoms with Crippen molar-refractivity contribution >= 4 is 12.0 Å². The van der Waals surface area contributed by atoms with Crippen molar-refractivity contribution in [3.63, 3.8) is 0 Å². The Kier molecular flexibility index (Phi) is 2.85. The van der Waals surface area contributed by atoms with Gasteiger partial charge in [0.15, 0.2) is 0 Å². The normalized spacial score (nSPS) is 23.6. The highest BCUT2D eigenvalue weighted by atomic mass is 16.7. The summed E-state index contributed by atoms with van der Waals surface area (Å²) in [6.45, 7) is 6.36. The van der Waals surface area contributed by atoms with Crippen LogP contribution >= 0.6 is 0 Å². The standard InChI is InChI=1S/C9H14N2O3/c1-8(2)5-13-9(3,14-6-8)7(12)4-11-10/h4H,5-6H2,1-3H3. The monoisotopic (exact) mass is 198 g/mol. The summed E-state index contributed by atoms with van der Waals surface area (Å²) in [6, 6.07) is 0. The molecule has 0 bridgehead atoms. The first-order valence-corrected chi connectivity index (χ1v) is 4.39. The first-order valence-electron chi connectivity index (χ1n) is 4.39. The second-order valence-electron chi connectivity index (χ2n) is 4.30. The molecule has 0 aliphatic carbocycles. The summed E-state index contributed by atoms with van der Waals surface area (Å²) in [7, 11) is 0. The van der Waals surface area contributed by atoms with Gasteiger partial charge < -0.3 is 15.0 Å². The van der Waals surface area contributed by atoms with Gasteiger partial charge in [-0.05, 0) is 6.92 Å². The maximum Gasteiger partial charge on any atom is 0.328 e. The van der Waals surface area contributed by atoms with Crippen LogP contribution in [0.25, 0.3) is 5.53 Å². The molecule has 0 N–H and O–H groups in total. The van der Waals surface area contributed by atoms with E-state index in [1.54, 1.807) is 0 Å². The summed E-state index contributed by atoms with van der Waals surface area (Å²) in [5, 5.41) is 0.